The predicted molar refractivity (Wildman–Crippen MR) is 49.8 cm³/mol. The van der Waals surface area contributed by atoms with Gasteiger partial charge in [0.25, 0.3) is 0 Å². The molecule has 0 unspecified atom stereocenters. The van der Waals surface area contributed by atoms with Gasteiger partial charge in [0.15, 0.2) is 0 Å². The van der Waals surface area contributed by atoms with Gasteiger partial charge in [0.05, 0.1) is 6.07 Å². The monoisotopic (exact) mass is 180 g/mol. The average Bonchev–Trinajstić information content (AvgIpc) is 2.01. The minimum atomic E-state index is -0.485. The Hall–Kier alpha value is -1.04. The maximum atomic E-state index is 11.6. The number of rotatable bonds is 2. The third-order valence-electron chi connectivity index (χ3n) is 2.86. The lowest BCUT2D eigenvalue weighted by molar-refractivity contribution is -0.139. The minimum absolute atomic E-state index is 0.0178. The molecule has 0 aromatic rings. The van der Waals surface area contributed by atoms with Crippen LogP contribution in [0.25, 0.3) is 0 Å². The number of nitrogens with zero attached hydrogens (tertiary/aromatic N) is 2. The molecule has 1 aliphatic rings. The lowest BCUT2D eigenvalue weighted by Gasteiger charge is -2.43. The fraction of sp³-hybridized carbons (Fsp3) is 0.800. The highest BCUT2D eigenvalue weighted by atomic mass is 16.2. The summed E-state index contributed by atoms with van der Waals surface area (Å²) in [5.74, 6) is 0.0528. The lowest BCUT2D eigenvalue weighted by Crippen LogP contribution is -2.54. The first kappa shape index (κ1) is 10.0. The molecule has 0 aromatic heterocycles. The molecule has 13 heavy (non-hydrogen) atoms. The van der Waals surface area contributed by atoms with Crippen molar-refractivity contribution in [2.75, 3.05) is 7.05 Å². The fourth-order valence-corrected chi connectivity index (χ4v) is 1.63. The molecule has 3 heteroatoms. The molecule has 0 aromatic carbocycles. The molecule has 0 N–H and O–H groups in total. The second-order valence-electron chi connectivity index (χ2n) is 4.05. The van der Waals surface area contributed by atoms with E-state index >= 15 is 0 Å². The molecule has 72 valence electrons. The van der Waals surface area contributed by atoms with Gasteiger partial charge in [-0.1, -0.05) is 13.8 Å². The Morgan fingerprint density at radius 2 is 2.08 bits per heavy atom. The van der Waals surface area contributed by atoms with E-state index in [4.69, 9.17) is 5.26 Å². The Kier molecular flexibility index (Phi) is 2.60. The number of hydrogen-bond acceptors (Lipinski definition) is 2. The van der Waals surface area contributed by atoms with Crippen molar-refractivity contribution in [3.05, 3.63) is 0 Å². The zero-order valence-electron chi connectivity index (χ0n) is 8.50. The zero-order chi connectivity index (χ0) is 10.1. The van der Waals surface area contributed by atoms with Crippen LogP contribution in [0, 0.1) is 17.2 Å². The molecule has 0 radical (unpaired) electrons. The first-order chi connectivity index (χ1) is 6.03. The van der Waals surface area contributed by atoms with Crippen molar-refractivity contribution in [1.82, 2.24) is 4.90 Å². The van der Waals surface area contributed by atoms with Crippen molar-refractivity contribution < 1.29 is 4.79 Å². The molecule has 1 saturated carbocycles. The van der Waals surface area contributed by atoms with Crippen LogP contribution < -0.4 is 0 Å². The smallest absolute Gasteiger partial charge is 0.226 e. The number of carbonyl (C=O) groups is 1. The molecule has 0 aliphatic heterocycles. The van der Waals surface area contributed by atoms with Gasteiger partial charge in [-0.2, -0.15) is 5.26 Å². The third kappa shape index (κ3) is 1.53. The summed E-state index contributed by atoms with van der Waals surface area (Å²) in [7, 11) is 1.74. The van der Waals surface area contributed by atoms with Gasteiger partial charge in [-0.05, 0) is 19.3 Å². The van der Waals surface area contributed by atoms with Crippen LogP contribution in [-0.2, 0) is 4.79 Å². The van der Waals surface area contributed by atoms with E-state index in [9.17, 15) is 4.79 Å². The zero-order valence-corrected chi connectivity index (χ0v) is 8.50. The van der Waals surface area contributed by atoms with Gasteiger partial charge in [-0.15, -0.1) is 0 Å². The number of carbonyl (C=O) groups excluding carboxylic acids is 1. The fourth-order valence-electron chi connectivity index (χ4n) is 1.63. The average molecular weight is 180 g/mol. The molecular formula is C10H16N2O. The van der Waals surface area contributed by atoms with Gasteiger partial charge in [0, 0.05) is 13.0 Å². The van der Waals surface area contributed by atoms with Gasteiger partial charge >= 0.3 is 0 Å². The molecule has 1 rings (SSSR count). The summed E-state index contributed by atoms with van der Waals surface area (Å²) in [6, 6.07) is 2.26. The summed E-state index contributed by atoms with van der Waals surface area (Å²) in [4.78, 5) is 13.2. The second-order valence-corrected chi connectivity index (χ2v) is 4.05. The maximum absolute atomic E-state index is 11.6. The van der Waals surface area contributed by atoms with E-state index in [1.807, 2.05) is 13.8 Å². The number of amides is 1. The molecule has 1 fully saturated rings. The van der Waals surface area contributed by atoms with E-state index in [-0.39, 0.29) is 11.8 Å². The molecule has 0 saturated heterocycles. The molecule has 0 bridgehead atoms. The summed E-state index contributed by atoms with van der Waals surface area (Å²) in [5, 5.41) is 8.99. The van der Waals surface area contributed by atoms with Crippen LogP contribution in [0.4, 0.5) is 0 Å². The van der Waals surface area contributed by atoms with Crippen molar-refractivity contribution in [2.24, 2.45) is 5.92 Å². The summed E-state index contributed by atoms with van der Waals surface area (Å²) in [5.41, 5.74) is -0.485. The largest absolute Gasteiger partial charge is 0.327 e. The van der Waals surface area contributed by atoms with E-state index in [2.05, 4.69) is 6.07 Å². The quantitative estimate of drug-likeness (QED) is 0.647. The number of hydrogen-bond donors (Lipinski definition) is 0. The van der Waals surface area contributed by atoms with E-state index in [1.165, 1.54) is 0 Å². The van der Waals surface area contributed by atoms with E-state index < -0.39 is 5.54 Å². The molecule has 3 nitrogen and oxygen atoms in total. The topological polar surface area (TPSA) is 44.1 Å². The minimum Gasteiger partial charge on any atom is -0.327 e. The van der Waals surface area contributed by atoms with Crippen molar-refractivity contribution in [2.45, 2.75) is 38.6 Å². The van der Waals surface area contributed by atoms with Gasteiger partial charge in [0.1, 0.15) is 5.54 Å². The highest BCUT2D eigenvalue weighted by Crippen LogP contribution is 2.36. The first-order valence-corrected chi connectivity index (χ1v) is 4.72. The predicted octanol–water partition coefficient (Wildman–Crippen LogP) is 1.55. The standard InChI is InChI=1S/C10H16N2O/c1-8(2)9(13)12(3)10(7-11)5-4-6-10/h8H,4-6H2,1-3H3. The van der Waals surface area contributed by atoms with Crippen molar-refractivity contribution in [3.63, 3.8) is 0 Å². The maximum Gasteiger partial charge on any atom is 0.226 e. The van der Waals surface area contributed by atoms with E-state index in [1.54, 1.807) is 11.9 Å². The Bertz CT molecular complexity index is 248. The molecule has 1 amide bonds. The van der Waals surface area contributed by atoms with Crippen LogP contribution in [0.3, 0.4) is 0 Å². The number of nitriles is 1. The normalized spacial score (nSPS) is 19.0. The summed E-state index contributed by atoms with van der Waals surface area (Å²) >= 11 is 0. The molecule has 0 heterocycles. The summed E-state index contributed by atoms with van der Waals surface area (Å²) in [6.07, 6.45) is 2.72. The third-order valence-corrected chi connectivity index (χ3v) is 2.86. The Balaban J connectivity index is 2.72. The first-order valence-electron chi connectivity index (χ1n) is 4.72. The van der Waals surface area contributed by atoms with Gasteiger partial charge < -0.3 is 4.90 Å². The van der Waals surface area contributed by atoms with Crippen LogP contribution in [0.15, 0.2) is 0 Å². The molecule has 0 atom stereocenters. The van der Waals surface area contributed by atoms with Gasteiger partial charge in [-0.25, -0.2) is 0 Å². The summed E-state index contributed by atoms with van der Waals surface area (Å²) in [6.45, 7) is 3.73. The Labute approximate surface area is 79.3 Å². The Morgan fingerprint density at radius 3 is 2.31 bits per heavy atom. The molecule has 0 spiro atoms. The highest BCUT2D eigenvalue weighted by molar-refractivity contribution is 5.79. The van der Waals surface area contributed by atoms with Gasteiger partial charge in [-0.3, -0.25) is 4.79 Å². The SMILES string of the molecule is CC(C)C(=O)N(C)C1(C#N)CCC1. The van der Waals surface area contributed by atoms with Crippen molar-refractivity contribution in [1.29, 1.82) is 5.26 Å². The van der Waals surface area contributed by atoms with Crippen molar-refractivity contribution in [3.8, 4) is 6.07 Å². The Morgan fingerprint density at radius 1 is 1.54 bits per heavy atom. The highest BCUT2D eigenvalue weighted by Gasteiger charge is 2.43. The van der Waals surface area contributed by atoms with Crippen LogP contribution in [-0.4, -0.2) is 23.4 Å². The van der Waals surface area contributed by atoms with E-state index in [0.717, 1.165) is 19.3 Å². The van der Waals surface area contributed by atoms with Crippen molar-refractivity contribution >= 4 is 5.91 Å². The van der Waals surface area contributed by atoms with E-state index in [0.29, 0.717) is 0 Å². The van der Waals surface area contributed by atoms with Crippen LogP contribution in [0.5, 0.6) is 0 Å². The second kappa shape index (κ2) is 3.37. The lowest BCUT2D eigenvalue weighted by atomic mass is 9.76. The summed E-state index contributed by atoms with van der Waals surface area (Å²) < 4.78 is 0. The molecule has 1 aliphatic carbocycles. The van der Waals surface area contributed by atoms with Gasteiger partial charge in [0.2, 0.25) is 5.91 Å². The molecular weight excluding hydrogens is 164 g/mol. The van der Waals surface area contributed by atoms with Crippen LogP contribution in [0.2, 0.25) is 0 Å². The van der Waals surface area contributed by atoms with Crippen LogP contribution in [0.1, 0.15) is 33.1 Å². The van der Waals surface area contributed by atoms with Crippen LogP contribution >= 0.6 is 0 Å².